The number of H-pyrrole nitrogens is 1. The van der Waals surface area contributed by atoms with Crippen molar-refractivity contribution in [2.75, 3.05) is 13.1 Å². The van der Waals surface area contributed by atoms with Crippen LogP contribution in [0.25, 0.3) is 11.3 Å². The van der Waals surface area contributed by atoms with Gasteiger partial charge in [0.15, 0.2) is 0 Å². The summed E-state index contributed by atoms with van der Waals surface area (Å²) in [6.45, 7) is 2.71. The second-order valence-corrected chi connectivity index (χ2v) is 6.28. The van der Waals surface area contributed by atoms with Crippen LogP contribution >= 0.6 is 11.6 Å². The molecule has 24 heavy (non-hydrogen) atoms. The molecule has 1 aliphatic heterocycles. The number of likely N-dealkylation sites (tertiary alicyclic amines) is 1. The molecule has 0 atom stereocenters. The van der Waals surface area contributed by atoms with Crippen molar-refractivity contribution in [3.8, 4) is 11.3 Å². The minimum absolute atomic E-state index is 0.181. The molecule has 2 aromatic heterocycles. The van der Waals surface area contributed by atoms with Crippen molar-refractivity contribution in [1.82, 2.24) is 20.1 Å². The number of aliphatic carboxylic acids is 1. The quantitative estimate of drug-likeness (QED) is 0.887. The summed E-state index contributed by atoms with van der Waals surface area (Å²) >= 11 is 6.15. The largest absolute Gasteiger partial charge is 0.481 e. The van der Waals surface area contributed by atoms with Gasteiger partial charge in [-0.15, -0.1) is 0 Å². The molecular weight excluding hydrogens is 332 g/mol. The Kier molecular flexibility index (Phi) is 4.53. The molecule has 3 heterocycles. The number of aromatic nitrogens is 3. The van der Waals surface area contributed by atoms with Crippen LogP contribution in [0.3, 0.4) is 0 Å². The van der Waals surface area contributed by atoms with Gasteiger partial charge in [-0.05, 0) is 31.9 Å². The zero-order valence-electron chi connectivity index (χ0n) is 13.1. The smallest absolute Gasteiger partial charge is 0.306 e. The number of carboxylic acids is 1. The van der Waals surface area contributed by atoms with Gasteiger partial charge < -0.3 is 10.0 Å². The zero-order valence-corrected chi connectivity index (χ0v) is 13.9. The number of nitrogens with zero attached hydrogens (tertiary/aromatic N) is 3. The Balaban J connectivity index is 1.75. The molecule has 7 nitrogen and oxygen atoms in total. The summed E-state index contributed by atoms with van der Waals surface area (Å²) in [4.78, 5) is 29.3. The number of piperidine rings is 1. The number of carboxylic acid groups (broad SMARTS) is 1. The van der Waals surface area contributed by atoms with E-state index in [0.29, 0.717) is 47.9 Å². The average Bonchev–Trinajstić information content (AvgIpc) is 3.06. The van der Waals surface area contributed by atoms with E-state index in [1.165, 1.54) is 0 Å². The lowest BCUT2D eigenvalue weighted by Gasteiger charge is -2.29. The van der Waals surface area contributed by atoms with Crippen LogP contribution in [0.5, 0.6) is 0 Å². The molecule has 3 rings (SSSR count). The van der Waals surface area contributed by atoms with E-state index >= 15 is 0 Å². The highest BCUT2D eigenvalue weighted by Gasteiger charge is 2.28. The van der Waals surface area contributed by atoms with Crippen LogP contribution in [-0.2, 0) is 4.79 Å². The molecular formula is C16H17ClN4O3. The molecule has 1 saturated heterocycles. The summed E-state index contributed by atoms with van der Waals surface area (Å²) in [5, 5.41) is 16.4. The van der Waals surface area contributed by atoms with Gasteiger partial charge >= 0.3 is 5.97 Å². The molecule has 0 spiro atoms. The summed E-state index contributed by atoms with van der Waals surface area (Å²) in [6.07, 6.45) is 2.49. The maximum Gasteiger partial charge on any atom is 0.306 e. The topological polar surface area (TPSA) is 99.2 Å². The Morgan fingerprint density at radius 2 is 2.04 bits per heavy atom. The number of amides is 1. The summed E-state index contributed by atoms with van der Waals surface area (Å²) in [5.74, 6) is -1.35. The van der Waals surface area contributed by atoms with Crippen LogP contribution in [0.15, 0.2) is 18.3 Å². The molecule has 0 bridgehead atoms. The SMILES string of the molecule is Cc1cc(-c2cc(C(=O)N3CCC(C(=O)O)CC3)[nH]n2)c(Cl)cn1. The molecule has 0 aromatic carbocycles. The normalized spacial score (nSPS) is 15.5. The molecule has 8 heteroatoms. The van der Waals surface area contributed by atoms with E-state index in [4.69, 9.17) is 16.7 Å². The Morgan fingerprint density at radius 3 is 2.71 bits per heavy atom. The molecule has 0 aliphatic carbocycles. The monoisotopic (exact) mass is 348 g/mol. The molecule has 1 aliphatic rings. The van der Waals surface area contributed by atoms with Crippen molar-refractivity contribution in [3.63, 3.8) is 0 Å². The number of aryl methyl sites for hydroxylation is 1. The second kappa shape index (κ2) is 6.60. The van der Waals surface area contributed by atoms with Crippen molar-refractivity contribution in [1.29, 1.82) is 0 Å². The van der Waals surface area contributed by atoms with Crippen LogP contribution < -0.4 is 0 Å². The molecule has 126 valence electrons. The maximum atomic E-state index is 12.5. The van der Waals surface area contributed by atoms with Crippen molar-refractivity contribution >= 4 is 23.5 Å². The van der Waals surface area contributed by atoms with Gasteiger partial charge in [0.1, 0.15) is 5.69 Å². The summed E-state index contributed by atoms with van der Waals surface area (Å²) < 4.78 is 0. The highest BCUT2D eigenvalue weighted by atomic mass is 35.5. The second-order valence-electron chi connectivity index (χ2n) is 5.88. The molecule has 2 N–H and O–H groups in total. The van der Waals surface area contributed by atoms with Gasteiger partial charge in [-0.25, -0.2) is 0 Å². The van der Waals surface area contributed by atoms with Crippen molar-refractivity contribution in [2.45, 2.75) is 19.8 Å². The molecule has 1 fully saturated rings. The molecule has 0 radical (unpaired) electrons. The average molecular weight is 349 g/mol. The fourth-order valence-electron chi connectivity index (χ4n) is 2.81. The van der Waals surface area contributed by atoms with Gasteiger partial charge in [0.25, 0.3) is 5.91 Å². The van der Waals surface area contributed by atoms with E-state index in [1.807, 2.05) is 13.0 Å². The lowest BCUT2D eigenvalue weighted by Crippen LogP contribution is -2.40. The Hall–Kier alpha value is -2.41. The van der Waals surface area contributed by atoms with Crippen LogP contribution in [0.2, 0.25) is 5.02 Å². The van der Waals surface area contributed by atoms with E-state index in [1.54, 1.807) is 17.2 Å². The number of carbonyl (C=O) groups is 2. The van der Waals surface area contributed by atoms with E-state index < -0.39 is 5.97 Å². The maximum absolute atomic E-state index is 12.5. The lowest BCUT2D eigenvalue weighted by atomic mass is 9.97. The van der Waals surface area contributed by atoms with Crippen LogP contribution in [0.1, 0.15) is 29.0 Å². The highest BCUT2D eigenvalue weighted by molar-refractivity contribution is 6.33. The van der Waals surface area contributed by atoms with Gasteiger partial charge in [-0.1, -0.05) is 11.6 Å². The Bertz CT molecular complexity index is 781. The first-order valence-corrected chi connectivity index (χ1v) is 8.03. The van der Waals surface area contributed by atoms with Gasteiger partial charge in [0, 0.05) is 30.5 Å². The van der Waals surface area contributed by atoms with Gasteiger partial charge in [-0.3, -0.25) is 19.7 Å². The van der Waals surface area contributed by atoms with Gasteiger partial charge in [0.2, 0.25) is 0 Å². The van der Waals surface area contributed by atoms with Gasteiger partial charge in [0.05, 0.1) is 16.6 Å². The number of pyridine rings is 1. The Morgan fingerprint density at radius 1 is 1.33 bits per heavy atom. The first kappa shape index (κ1) is 16.4. The number of hydrogen-bond donors (Lipinski definition) is 2. The van der Waals surface area contributed by atoms with Gasteiger partial charge in [-0.2, -0.15) is 5.10 Å². The summed E-state index contributed by atoms with van der Waals surface area (Å²) in [7, 11) is 0. The number of carbonyl (C=O) groups excluding carboxylic acids is 1. The molecule has 0 saturated carbocycles. The minimum Gasteiger partial charge on any atom is -0.481 e. The van der Waals surface area contributed by atoms with E-state index in [-0.39, 0.29) is 11.8 Å². The van der Waals surface area contributed by atoms with Crippen LogP contribution in [-0.4, -0.2) is 50.2 Å². The van der Waals surface area contributed by atoms with E-state index in [2.05, 4.69) is 15.2 Å². The van der Waals surface area contributed by atoms with Crippen molar-refractivity contribution in [2.24, 2.45) is 5.92 Å². The lowest BCUT2D eigenvalue weighted by molar-refractivity contribution is -0.143. The summed E-state index contributed by atoms with van der Waals surface area (Å²) in [5.41, 5.74) is 2.46. The summed E-state index contributed by atoms with van der Waals surface area (Å²) in [6, 6.07) is 3.47. The number of halogens is 1. The highest BCUT2D eigenvalue weighted by Crippen LogP contribution is 2.27. The van der Waals surface area contributed by atoms with Crippen molar-refractivity contribution < 1.29 is 14.7 Å². The first-order chi connectivity index (χ1) is 11.5. The number of hydrogen-bond acceptors (Lipinski definition) is 4. The number of nitrogens with one attached hydrogen (secondary N) is 1. The minimum atomic E-state index is -0.798. The van der Waals surface area contributed by atoms with Crippen LogP contribution in [0, 0.1) is 12.8 Å². The third-order valence-electron chi connectivity index (χ3n) is 4.21. The zero-order chi connectivity index (χ0) is 17.3. The third-order valence-corrected chi connectivity index (χ3v) is 4.51. The molecule has 2 aromatic rings. The molecule has 1 amide bonds. The first-order valence-electron chi connectivity index (χ1n) is 7.65. The fraction of sp³-hybridized carbons (Fsp3) is 0.375. The number of rotatable bonds is 3. The molecule has 0 unspecified atom stereocenters. The van der Waals surface area contributed by atoms with Crippen LogP contribution in [0.4, 0.5) is 0 Å². The fourth-order valence-corrected chi connectivity index (χ4v) is 3.01. The predicted molar refractivity (Wildman–Crippen MR) is 87.8 cm³/mol. The van der Waals surface area contributed by atoms with Crippen molar-refractivity contribution in [3.05, 3.63) is 34.7 Å². The predicted octanol–water partition coefficient (Wildman–Crippen LogP) is 2.37. The standard InChI is InChI=1S/C16H17ClN4O3/c1-9-6-11(12(17)8-18-9)13-7-14(20-19-13)15(22)21-4-2-10(3-5-21)16(23)24/h6-8,10H,2-5H2,1H3,(H,19,20)(H,23,24). The van der Waals surface area contributed by atoms with E-state index in [9.17, 15) is 9.59 Å². The third kappa shape index (κ3) is 3.26. The number of aromatic amines is 1. The van der Waals surface area contributed by atoms with E-state index in [0.717, 1.165) is 5.69 Å². The Labute approximate surface area is 143 Å².